The van der Waals surface area contributed by atoms with E-state index in [0.717, 1.165) is 31.2 Å². The number of carboxylic acid groups (broad SMARTS) is 1. The van der Waals surface area contributed by atoms with Crippen LogP contribution in [0.3, 0.4) is 0 Å². The Morgan fingerprint density at radius 3 is 2.61 bits per heavy atom. The highest BCUT2D eigenvalue weighted by Crippen LogP contribution is 2.52. The van der Waals surface area contributed by atoms with Gasteiger partial charge in [0.05, 0.1) is 5.02 Å². The molecule has 0 aliphatic heterocycles. The molecule has 23 heavy (non-hydrogen) atoms. The standard InChI is InChI=1S/C17H18Cl2O4/c1-17(10-4-2-3-5-10)7-9-6-11(23-8-12(20)21)14(18)15(19)13(9)16(17)22/h6,10H,2-5,7-8H2,1H3,(H,20,21)/t17-/m0/s1. The van der Waals surface area contributed by atoms with Crippen molar-refractivity contribution in [1.29, 1.82) is 0 Å². The Labute approximate surface area is 144 Å². The molecule has 2 aliphatic carbocycles. The van der Waals surface area contributed by atoms with E-state index in [0.29, 0.717) is 17.9 Å². The number of carboxylic acids is 1. The summed E-state index contributed by atoms with van der Waals surface area (Å²) in [5.74, 6) is -0.456. The molecule has 0 spiro atoms. The average molecular weight is 357 g/mol. The van der Waals surface area contributed by atoms with Crippen molar-refractivity contribution < 1.29 is 19.4 Å². The first-order valence-electron chi connectivity index (χ1n) is 7.75. The van der Waals surface area contributed by atoms with Gasteiger partial charge in [0, 0.05) is 11.0 Å². The van der Waals surface area contributed by atoms with Crippen molar-refractivity contribution in [2.45, 2.75) is 39.0 Å². The topological polar surface area (TPSA) is 63.6 Å². The SMILES string of the molecule is C[C@@]1(C2CCCC2)Cc2cc(OCC(=O)O)c(Cl)c(Cl)c2C1=O. The molecule has 1 aromatic carbocycles. The van der Waals surface area contributed by atoms with Gasteiger partial charge in [0.1, 0.15) is 10.8 Å². The molecule has 1 atom stereocenters. The first kappa shape index (κ1) is 16.6. The number of Topliss-reactive ketones (excluding diaryl/α,β-unsaturated/α-hetero) is 1. The maximum Gasteiger partial charge on any atom is 0.341 e. The molecule has 1 N–H and O–H groups in total. The van der Waals surface area contributed by atoms with Gasteiger partial charge < -0.3 is 9.84 Å². The van der Waals surface area contributed by atoms with E-state index in [1.807, 2.05) is 6.92 Å². The molecule has 2 aliphatic rings. The van der Waals surface area contributed by atoms with Gasteiger partial charge in [-0.15, -0.1) is 0 Å². The van der Waals surface area contributed by atoms with E-state index < -0.39 is 18.0 Å². The molecule has 1 saturated carbocycles. The molecule has 0 amide bonds. The van der Waals surface area contributed by atoms with E-state index in [-0.39, 0.29) is 21.6 Å². The van der Waals surface area contributed by atoms with Gasteiger partial charge in [0.15, 0.2) is 12.4 Å². The van der Waals surface area contributed by atoms with Crippen LogP contribution in [-0.4, -0.2) is 23.5 Å². The molecule has 0 bridgehead atoms. The van der Waals surface area contributed by atoms with Gasteiger partial charge in [0.2, 0.25) is 0 Å². The second-order valence-corrected chi connectivity index (χ2v) is 7.38. The minimum atomic E-state index is -1.09. The third-order valence-electron chi connectivity index (χ3n) is 5.17. The molecular weight excluding hydrogens is 339 g/mol. The Hall–Kier alpha value is -1.26. The summed E-state index contributed by atoms with van der Waals surface area (Å²) in [6, 6.07) is 1.67. The highest BCUT2D eigenvalue weighted by Gasteiger charge is 2.49. The number of carbonyl (C=O) groups is 2. The molecule has 1 aromatic rings. The number of carbonyl (C=O) groups excluding carboxylic acids is 1. The van der Waals surface area contributed by atoms with Gasteiger partial charge >= 0.3 is 5.97 Å². The lowest BCUT2D eigenvalue weighted by atomic mass is 9.73. The zero-order chi connectivity index (χ0) is 16.8. The van der Waals surface area contributed by atoms with Crippen molar-refractivity contribution >= 4 is 35.0 Å². The summed E-state index contributed by atoms with van der Waals surface area (Å²) in [7, 11) is 0. The highest BCUT2D eigenvalue weighted by atomic mass is 35.5. The summed E-state index contributed by atoms with van der Waals surface area (Å²) in [6.07, 6.45) is 5.04. The van der Waals surface area contributed by atoms with Gasteiger partial charge in [-0.25, -0.2) is 4.79 Å². The molecular formula is C17H18Cl2O4. The van der Waals surface area contributed by atoms with Gasteiger partial charge in [-0.1, -0.05) is 43.0 Å². The number of hydrogen-bond acceptors (Lipinski definition) is 3. The van der Waals surface area contributed by atoms with Crippen LogP contribution in [0.15, 0.2) is 6.07 Å². The van der Waals surface area contributed by atoms with Crippen LogP contribution in [0.1, 0.15) is 48.5 Å². The molecule has 3 rings (SSSR count). The van der Waals surface area contributed by atoms with Crippen LogP contribution in [0.4, 0.5) is 0 Å². The lowest BCUT2D eigenvalue weighted by molar-refractivity contribution is -0.139. The van der Waals surface area contributed by atoms with Gasteiger partial charge in [-0.3, -0.25) is 4.79 Å². The molecule has 4 nitrogen and oxygen atoms in total. The monoisotopic (exact) mass is 356 g/mol. The first-order chi connectivity index (χ1) is 10.8. The normalized spacial score (nSPS) is 24.0. The van der Waals surface area contributed by atoms with Crippen molar-refractivity contribution in [2.24, 2.45) is 11.3 Å². The van der Waals surface area contributed by atoms with E-state index in [1.54, 1.807) is 6.07 Å². The van der Waals surface area contributed by atoms with E-state index in [4.69, 9.17) is 33.0 Å². The fraction of sp³-hybridized carbons (Fsp3) is 0.529. The summed E-state index contributed by atoms with van der Waals surface area (Å²) in [5.41, 5.74) is 0.838. The predicted octanol–water partition coefficient (Wildman–Crippen LogP) is 4.39. The first-order valence-corrected chi connectivity index (χ1v) is 8.50. The zero-order valence-electron chi connectivity index (χ0n) is 12.8. The Morgan fingerprint density at radius 1 is 1.35 bits per heavy atom. The minimum Gasteiger partial charge on any atom is -0.480 e. The Morgan fingerprint density at radius 2 is 2.00 bits per heavy atom. The second-order valence-electron chi connectivity index (χ2n) is 6.62. The number of aliphatic carboxylic acids is 1. The number of rotatable bonds is 4. The molecule has 0 radical (unpaired) electrons. The van der Waals surface area contributed by atoms with Crippen LogP contribution in [0, 0.1) is 11.3 Å². The van der Waals surface area contributed by atoms with Crippen molar-refractivity contribution in [2.75, 3.05) is 6.61 Å². The lowest BCUT2D eigenvalue weighted by Gasteiger charge is -2.29. The quantitative estimate of drug-likeness (QED) is 0.868. The second kappa shape index (κ2) is 5.99. The molecule has 0 aromatic heterocycles. The molecule has 1 fully saturated rings. The molecule has 0 saturated heterocycles. The lowest BCUT2D eigenvalue weighted by Crippen LogP contribution is -2.32. The fourth-order valence-corrected chi connectivity index (χ4v) is 4.44. The largest absolute Gasteiger partial charge is 0.480 e. The Kier molecular flexibility index (Phi) is 4.32. The number of ether oxygens (including phenoxy) is 1. The average Bonchev–Trinajstić information content (AvgIpc) is 3.10. The molecule has 0 heterocycles. The number of halogens is 2. The van der Waals surface area contributed by atoms with Crippen molar-refractivity contribution in [3.8, 4) is 5.75 Å². The van der Waals surface area contributed by atoms with Crippen LogP contribution < -0.4 is 4.74 Å². The van der Waals surface area contributed by atoms with Crippen LogP contribution in [0.25, 0.3) is 0 Å². The minimum absolute atomic E-state index is 0.0519. The van der Waals surface area contributed by atoms with Crippen LogP contribution in [0.5, 0.6) is 5.75 Å². The van der Waals surface area contributed by atoms with E-state index in [9.17, 15) is 9.59 Å². The van der Waals surface area contributed by atoms with Crippen molar-refractivity contribution in [3.63, 3.8) is 0 Å². The van der Waals surface area contributed by atoms with Crippen LogP contribution >= 0.6 is 23.2 Å². The van der Waals surface area contributed by atoms with E-state index in [2.05, 4.69) is 0 Å². The zero-order valence-corrected chi connectivity index (χ0v) is 14.3. The van der Waals surface area contributed by atoms with Gasteiger partial charge in [-0.05, 0) is 36.8 Å². The number of hydrogen-bond donors (Lipinski definition) is 1. The maximum atomic E-state index is 13.0. The summed E-state index contributed by atoms with van der Waals surface area (Å²) in [5, 5.41) is 9.03. The molecule has 124 valence electrons. The van der Waals surface area contributed by atoms with Crippen LogP contribution in [-0.2, 0) is 11.2 Å². The Balaban J connectivity index is 1.98. The number of ketones is 1. The van der Waals surface area contributed by atoms with Gasteiger partial charge in [0.25, 0.3) is 0 Å². The summed E-state index contributed by atoms with van der Waals surface area (Å²) >= 11 is 12.5. The summed E-state index contributed by atoms with van der Waals surface area (Å²) in [6.45, 7) is 1.51. The molecule has 0 unspecified atom stereocenters. The predicted molar refractivity (Wildman–Crippen MR) is 87.7 cm³/mol. The fourth-order valence-electron chi connectivity index (χ4n) is 3.94. The summed E-state index contributed by atoms with van der Waals surface area (Å²) < 4.78 is 5.21. The Bertz CT molecular complexity index is 680. The van der Waals surface area contributed by atoms with Crippen molar-refractivity contribution in [3.05, 3.63) is 27.2 Å². The third kappa shape index (κ3) is 2.72. The number of fused-ring (bicyclic) bond motifs is 1. The van der Waals surface area contributed by atoms with E-state index >= 15 is 0 Å². The van der Waals surface area contributed by atoms with Crippen LogP contribution in [0.2, 0.25) is 10.0 Å². The third-order valence-corrected chi connectivity index (χ3v) is 6.02. The number of benzene rings is 1. The summed E-state index contributed by atoms with van der Waals surface area (Å²) in [4.78, 5) is 23.7. The highest BCUT2D eigenvalue weighted by molar-refractivity contribution is 6.45. The maximum absolute atomic E-state index is 13.0. The van der Waals surface area contributed by atoms with E-state index in [1.165, 1.54) is 0 Å². The van der Waals surface area contributed by atoms with Crippen molar-refractivity contribution in [1.82, 2.24) is 0 Å². The smallest absolute Gasteiger partial charge is 0.341 e. The van der Waals surface area contributed by atoms with Gasteiger partial charge in [-0.2, -0.15) is 0 Å². The molecule has 6 heteroatoms.